The highest BCUT2D eigenvalue weighted by Gasteiger charge is 2.20. The van der Waals surface area contributed by atoms with Crippen LogP contribution in [0.15, 0.2) is 42.5 Å². The van der Waals surface area contributed by atoms with Crippen molar-refractivity contribution in [3.8, 4) is 0 Å². The Bertz CT molecular complexity index is 718. The van der Waals surface area contributed by atoms with Crippen molar-refractivity contribution in [2.45, 2.75) is 19.8 Å². The van der Waals surface area contributed by atoms with Gasteiger partial charge in [-0.3, -0.25) is 9.59 Å². The van der Waals surface area contributed by atoms with Crippen LogP contribution in [0, 0.1) is 5.92 Å². The number of likely N-dealkylation sites (tertiary alicyclic amines) is 1. The van der Waals surface area contributed by atoms with E-state index in [0.717, 1.165) is 36.7 Å². The van der Waals surface area contributed by atoms with E-state index < -0.39 is 0 Å². The fraction of sp³-hybridized carbons (Fsp3) is 0.368. The normalized spacial score (nSPS) is 15.6. The van der Waals surface area contributed by atoms with E-state index in [1.165, 1.54) is 0 Å². The molecule has 1 heterocycles. The Hall–Kier alpha value is -2.36. The Balaban J connectivity index is 1.58. The van der Waals surface area contributed by atoms with Crippen LogP contribution in [0.1, 0.15) is 30.1 Å². The molecule has 0 unspecified atom stereocenters. The zero-order chi connectivity index (χ0) is 16.2. The predicted molar refractivity (Wildman–Crippen MR) is 91.3 cm³/mol. The lowest BCUT2D eigenvalue weighted by Crippen LogP contribution is -2.43. The van der Waals surface area contributed by atoms with Gasteiger partial charge in [-0.25, -0.2) is 0 Å². The summed E-state index contributed by atoms with van der Waals surface area (Å²) >= 11 is 0. The molecule has 0 bridgehead atoms. The summed E-state index contributed by atoms with van der Waals surface area (Å²) < 4.78 is 0. The number of fused-ring (bicyclic) bond motifs is 1. The van der Waals surface area contributed by atoms with Gasteiger partial charge in [0.25, 0.3) is 5.91 Å². The fourth-order valence-corrected chi connectivity index (χ4v) is 2.96. The molecule has 2 aromatic carbocycles. The number of nitrogens with one attached hydrogen (secondary N) is 1. The van der Waals surface area contributed by atoms with Crippen LogP contribution in [-0.4, -0.2) is 36.3 Å². The van der Waals surface area contributed by atoms with E-state index in [-0.39, 0.29) is 18.4 Å². The van der Waals surface area contributed by atoms with Crippen molar-refractivity contribution in [1.82, 2.24) is 10.2 Å². The number of benzene rings is 2. The average Bonchev–Trinajstić information content (AvgIpc) is 2.59. The number of hydrogen-bond donors (Lipinski definition) is 1. The minimum absolute atomic E-state index is 0.00559. The lowest BCUT2D eigenvalue weighted by atomic mass is 9.99. The molecule has 0 radical (unpaired) electrons. The number of hydrogen-bond acceptors (Lipinski definition) is 2. The molecule has 2 aromatic rings. The summed E-state index contributed by atoms with van der Waals surface area (Å²) in [4.78, 5) is 26.3. The highest BCUT2D eigenvalue weighted by Crippen LogP contribution is 2.17. The van der Waals surface area contributed by atoms with Crippen LogP contribution >= 0.6 is 0 Å². The first-order valence-electron chi connectivity index (χ1n) is 8.18. The van der Waals surface area contributed by atoms with Gasteiger partial charge in [-0.05, 0) is 41.7 Å². The van der Waals surface area contributed by atoms with Crippen molar-refractivity contribution in [2.24, 2.45) is 5.92 Å². The molecule has 3 rings (SSSR count). The molecular weight excluding hydrogens is 288 g/mol. The average molecular weight is 310 g/mol. The third-order valence-corrected chi connectivity index (χ3v) is 4.55. The van der Waals surface area contributed by atoms with Crippen molar-refractivity contribution in [3.63, 3.8) is 0 Å². The van der Waals surface area contributed by atoms with E-state index in [4.69, 9.17) is 0 Å². The van der Waals surface area contributed by atoms with Crippen LogP contribution in [0.3, 0.4) is 0 Å². The van der Waals surface area contributed by atoms with Crippen LogP contribution < -0.4 is 5.32 Å². The summed E-state index contributed by atoms with van der Waals surface area (Å²) in [6.45, 7) is 3.88. The molecule has 0 aliphatic carbocycles. The molecule has 2 amide bonds. The Kier molecular flexibility index (Phi) is 4.60. The second-order valence-electron chi connectivity index (χ2n) is 6.31. The van der Waals surface area contributed by atoms with E-state index in [9.17, 15) is 9.59 Å². The lowest BCUT2D eigenvalue weighted by Gasteiger charge is -2.30. The molecule has 0 aromatic heterocycles. The molecular formula is C19H22N2O2. The van der Waals surface area contributed by atoms with Gasteiger partial charge in [-0.2, -0.15) is 0 Å². The first kappa shape index (κ1) is 15.5. The fourth-order valence-electron chi connectivity index (χ4n) is 2.96. The molecule has 1 saturated heterocycles. The zero-order valence-corrected chi connectivity index (χ0v) is 13.4. The van der Waals surface area contributed by atoms with Crippen molar-refractivity contribution < 1.29 is 9.59 Å². The minimum Gasteiger partial charge on any atom is -0.343 e. The van der Waals surface area contributed by atoms with Gasteiger partial charge in [0.2, 0.25) is 5.91 Å². The quantitative estimate of drug-likeness (QED) is 0.947. The molecule has 0 saturated carbocycles. The van der Waals surface area contributed by atoms with Crippen molar-refractivity contribution in [1.29, 1.82) is 0 Å². The van der Waals surface area contributed by atoms with E-state index in [0.29, 0.717) is 11.5 Å². The second-order valence-corrected chi connectivity index (χ2v) is 6.31. The van der Waals surface area contributed by atoms with Gasteiger partial charge in [-0.15, -0.1) is 0 Å². The highest BCUT2D eigenvalue weighted by atomic mass is 16.2. The molecule has 1 aliphatic rings. The Morgan fingerprint density at radius 1 is 1.09 bits per heavy atom. The van der Waals surface area contributed by atoms with Crippen LogP contribution in [0.5, 0.6) is 0 Å². The van der Waals surface area contributed by atoms with Gasteiger partial charge < -0.3 is 10.2 Å². The lowest BCUT2D eigenvalue weighted by molar-refractivity contribution is -0.131. The van der Waals surface area contributed by atoms with E-state index in [1.54, 1.807) is 6.07 Å². The van der Waals surface area contributed by atoms with Gasteiger partial charge >= 0.3 is 0 Å². The molecule has 0 spiro atoms. The topological polar surface area (TPSA) is 49.4 Å². The van der Waals surface area contributed by atoms with Crippen LogP contribution in [0.25, 0.3) is 10.8 Å². The zero-order valence-electron chi connectivity index (χ0n) is 13.4. The predicted octanol–water partition coefficient (Wildman–Crippen LogP) is 2.83. The molecule has 1 fully saturated rings. The molecule has 0 atom stereocenters. The largest absolute Gasteiger partial charge is 0.343 e. The van der Waals surface area contributed by atoms with Gasteiger partial charge in [-0.1, -0.05) is 37.3 Å². The Morgan fingerprint density at radius 3 is 2.52 bits per heavy atom. The number of amides is 2. The summed E-state index contributed by atoms with van der Waals surface area (Å²) in [5.74, 6) is 0.492. The molecule has 1 N–H and O–H groups in total. The monoisotopic (exact) mass is 310 g/mol. The summed E-state index contributed by atoms with van der Waals surface area (Å²) in [7, 11) is 0. The van der Waals surface area contributed by atoms with Gasteiger partial charge in [0, 0.05) is 18.7 Å². The molecule has 23 heavy (non-hydrogen) atoms. The first-order chi connectivity index (χ1) is 11.1. The number of carbonyl (C=O) groups is 2. The standard InChI is InChI=1S/C19H22N2O2/c1-14-8-10-21(11-9-14)18(22)13-20-19(23)17-7-6-15-4-2-3-5-16(15)12-17/h2-7,12,14H,8-11,13H2,1H3,(H,20,23). The third kappa shape index (κ3) is 3.70. The Labute approximate surface area is 136 Å². The first-order valence-corrected chi connectivity index (χ1v) is 8.18. The SMILES string of the molecule is CC1CCN(C(=O)CNC(=O)c2ccc3ccccc3c2)CC1. The number of nitrogens with zero attached hydrogens (tertiary/aromatic N) is 1. The van der Waals surface area contributed by atoms with E-state index in [1.807, 2.05) is 41.3 Å². The molecule has 4 nitrogen and oxygen atoms in total. The Morgan fingerprint density at radius 2 is 1.78 bits per heavy atom. The highest BCUT2D eigenvalue weighted by molar-refractivity contribution is 6.00. The van der Waals surface area contributed by atoms with Crippen molar-refractivity contribution >= 4 is 22.6 Å². The van der Waals surface area contributed by atoms with Gasteiger partial charge in [0.1, 0.15) is 0 Å². The van der Waals surface area contributed by atoms with Crippen LogP contribution in [-0.2, 0) is 4.79 Å². The molecule has 120 valence electrons. The smallest absolute Gasteiger partial charge is 0.251 e. The van der Waals surface area contributed by atoms with E-state index >= 15 is 0 Å². The number of rotatable bonds is 3. The number of carbonyl (C=O) groups excluding carboxylic acids is 2. The molecule has 1 aliphatic heterocycles. The second kappa shape index (κ2) is 6.82. The van der Waals surface area contributed by atoms with Crippen LogP contribution in [0.2, 0.25) is 0 Å². The third-order valence-electron chi connectivity index (χ3n) is 4.55. The van der Waals surface area contributed by atoms with Crippen molar-refractivity contribution in [3.05, 3.63) is 48.0 Å². The van der Waals surface area contributed by atoms with Crippen LogP contribution in [0.4, 0.5) is 0 Å². The maximum Gasteiger partial charge on any atom is 0.251 e. The summed E-state index contributed by atoms with van der Waals surface area (Å²) in [5, 5.41) is 4.87. The summed E-state index contributed by atoms with van der Waals surface area (Å²) in [5.41, 5.74) is 0.587. The minimum atomic E-state index is -0.200. The molecule has 4 heteroatoms. The summed E-state index contributed by atoms with van der Waals surface area (Å²) in [6.07, 6.45) is 2.09. The van der Waals surface area contributed by atoms with Gasteiger partial charge in [0.15, 0.2) is 0 Å². The maximum atomic E-state index is 12.2. The maximum absolute atomic E-state index is 12.2. The van der Waals surface area contributed by atoms with Gasteiger partial charge in [0.05, 0.1) is 6.54 Å². The van der Waals surface area contributed by atoms with Crippen molar-refractivity contribution in [2.75, 3.05) is 19.6 Å². The number of piperidine rings is 1. The summed E-state index contributed by atoms with van der Waals surface area (Å²) in [6, 6.07) is 13.5. The van der Waals surface area contributed by atoms with E-state index in [2.05, 4.69) is 12.2 Å².